The molecule has 1 fully saturated rings. The van der Waals surface area contributed by atoms with Crippen molar-refractivity contribution in [3.05, 3.63) is 0 Å². The summed E-state index contributed by atoms with van der Waals surface area (Å²) in [6, 6.07) is 0. The van der Waals surface area contributed by atoms with E-state index in [9.17, 15) is 4.79 Å². The van der Waals surface area contributed by atoms with Crippen LogP contribution in [0.1, 0.15) is 39.0 Å². The monoisotopic (exact) mass is 213 g/mol. The minimum Gasteiger partial charge on any atom is -0.469 e. The number of methoxy groups -OCH3 is 1. The van der Waals surface area contributed by atoms with E-state index in [4.69, 9.17) is 5.73 Å². The van der Waals surface area contributed by atoms with Crippen molar-refractivity contribution in [1.29, 1.82) is 0 Å². The Kier molecular flexibility index (Phi) is 5.09. The van der Waals surface area contributed by atoms with Crippen LogP contribution in [0, 0.1) is 17.8 Å². The molecule has 0 radical (unpaired) electrons. The van der Waals surface area contributed by atoms with Crippen LogP contribution in [0.15, 0.2) is 0 Å². The first-order chi connectivity index (χ1) is 7.17. The molecule has 1 unspecified atom stereocenters. The second kappa shape index (κ2) is 6.11. The van der Waals surface area contributed by atoms with Crippen molar-refractivity contribution in [2.24, 2.45) is 23.5 Å². The Bertz CT molecular complexity index is 198. The van der Waals surface area contributed by atoms with Gasteiger partial charge in [-0.2, -0.15) is 0 Å². The standard InChI is InChI=1S/C12H23NO2/c1-9(8-13)11-5-3-10(4-6-11)7-12(14)15-2/h9-11H,3-8,13H2,1-2H3. The number of carbonyl (C=O) groups excluding carboxylic acids is 1. The van der Waals surface area contributed by atoms with Gasteiger partial charge in [-0.15, -0.1) is 0 Å². The zero-order valence-electron chi connectivity index (χ0n) is 9.87. The first kappa shape index (κ1) is 12.5. The fourth-order valence-electron chi connectivity index (χ4n) is 2.47. The summed E-state index contributed by atoms with van der Waals surface area (Å²) in [6.07, 6.45) is 5.36. The fraction of sp³-hybridized carbons (Fsp3) is 0.917. The third-order valence-corrected chi connectivity index (χ3v) is 3.75. The lowest BCUT2D eigenvalue weighted by molar-refractivity contribution is -0.142. The van der Waals surface area contributed by atoms with Gasteiger partial charge in [0.15, 0.2) is 0 Å². The van der Waals surface area contributed by atoms with Gasteiger partial charge in [0.05, 0.1) is 7.11 Å². The summed E-state index contributed by atoms with van der Waals surface area (Å²) in [4.78, 5) is 11.1. The van der Waals surface area contributed by atoms with Crippen molar-refractivity contribution >= 4 is 5.97 Å². The van der Waals surface area contributed by atoms with E-state index < -0.39 is 0 Å². The van der Waals surface area contributed by atoms with Gasteiger partial charge in [-0.3, -0.25) is 4.79 Å². The highest BCUT2D eigenvalue weighted by Crippen LogP contribution is 2.34. The van der Waals surface area contributed by atoms with E-state index in [0.29, 0.717) is 18.3 Å². The molecule has 0 spiro atoms. The van der Waals surface area contributed by atoms with E-state index in [-0.39, 0.29) is 5.97 Å². The number of esters is 1. The second-order valence-corrected chi connectivity index (χ2v) is 4.77. The number of hydrogen-bond acceptors (Lipinski definition) is 3. The molecule has 0 aliphatic heterocycles. The molecule has 1 saturated carbocycles. The average molecular weight is 213 g/mol. The lowest BCUT2D eigenvalue weighted by Gasteiger charge is -2.31. The molecule has 1 aliphatic carbocycles. The number of carbonyl (C=O) groups is 1. The van der Waals surface area contributed by atoms with Crippen LogP contribution in [0.2, 0.25) is 0 Å². The minimum absolute atomic E-state index is 0.0645. The molecule has 3 nitrogen and oxygen atoms in total. The average Bonchev–Trinajstić information content (AvgIpc) is 2.29. The van der Waals surface area contributed by atoms with Gasteiger partial charge in [-0.05, 0) is 50.0 Å². The van der Waals surface area contributed by atoms with Gasteiger partial charge in [0.25, 0.3) is 0 Å². The fourth-order valence-corrected chi connectivity index (χ4v) is 2.47. The highest BCUT2D eigenvalue weighted by molar-refractivity contribution is 5.69. The molecule has 0 aromatic rings. The zero-order valence-corrected chi connectivity index (χ0v) is 9.87. The van der Waals surface area contributed by atoms with Crippen molar-refractivity contribution in [3.63, 3.8) is 0 Å². The lowest BCUT2D eigenvalue weighted by Crippen LogP contribution is -2.26. The highest BCUT2D eigenvalue weighted by Gasteiger charge is 2.25. The number of hydrogen-bond donors (Lipinski definition) is 1. The number of ether oxygens (including phenoxy) is 1. The van der Waals surface area contributed by atoms with Crippen molar-refractivity contribution in [1.82, 2.24) is 0 Å². The first-order valence-corrected chi connectivity index (χ1v) is 5.94. The van der Waals surface area contributed by atoms with Crippen LogP contribution >= 0.6 is 0 Å². The largest absolute Gasteiger partial charge is 0.469 e. The first-order valence-electron chi connectivity index (χ1n) is 5.94. The van der Waals surface area contributed by atoms with Crippen molar-refractivity contribution in [2.75, 3.05) is 13.7 Å². The normalized spacial score (nSPS) is 28.5. The molecular weight excluding hydrogens is 190 g/mol. The zero-order chi connectivity index (χ0) is 11.3. The molecule has 1 atom stereocenters. The summed E-state index contributed by atoms with van der Waals surface area (Å²) in [7, 11) is 1.46. The maximum atomic E-state index is 11.1. The van der Waals surface area contributed by atoms with Crippen LogP contribution in [0.25, 0.3) is 0 Å². The third kappa shape index (κ3) is 3.82. The molecular formula is C12H23NO2. The third-order valence-electron chi connectivity index (χ3n) is 3.75. The van der Waals surface area contributed by atoms with Gasteiger partial charge < -0.3 is 10.5 Å². The van der Waals surface area contributed by atoms with Crippen LogP contribution in [0.3, 0.4) is 0 Å². The van der Waals surface area contributed by atoms with Crippen molar-refractivity contribution < 1.29 is 9.53 Å². The van der Waals surface area contributed by atoms with Gasteiger partial charge >= 0.3 is 5.97 Å². The van der Waals surface area contributed by atoms with Gasteiger partial charge in [-0.1, -0.05) is 6.92 Å². The highest BCUT2D eigenvalue weighted by atomic mass is 16.5. The van der Waals surface area contributed by atoms with E-state index in [1.54, 1.807) is 0 Å². The topological polar surface area (TPSA) is 52.3 Å². The molecule has 0 aromatic carbocycles. The predicted octanol–water partition coefficient (Wildman–Crippen LogP) is 1.95. The van der Waals surface area contributed by atoms with Crippen LogP contribution in [-0.4, -0.2) is 19.6 Å². The Morgan fingerprint density at radius 3 is 2.47 bits per heavy atom. The Hall–Kier alpha value is -0.570. The molecule has 1 rings (SSSR count). The summed E-state index contributed by atoms with van der Waals surface area (Å²) in [5, 5.41) is 0. The molecule has 0 amide bonds. The Balaban J connectivity index is 2.26. The summed E-state index contributed by atoms with van der Waals surface area (Å²) in [5.41, 5.74) is 5.67. The van der Waals surface area contributed by atoms with Crippen LogP contribution in [0.5, 0.6) is 0 Å². The molecule has 0 bridgehead atoms. The maximum absolute atomic E-state index is 11.1. The maximum Gasteiger partial charge on any atom is 0.305 e. The van der Waals surface area contributed by atoms with Gasteiger partial charge in [0.2, 0.25) is 0 Å². The minimum atomic E-state index is -0.0645. The van der Waals surface area contributed by atoms with Crippen molar-refractivity contribution in [3.8, 4) is 0 Å². The number of rotatable bonds is 4. The molecule has 1 aliphatic rings. The Morgan fingerprint density at radius 1 is 1.40 bits per heavy atom. The summed E-state index contributed by atoms with van der Waals surface area (Å²) in [6.45, 7) is 3.01. The van der Waals surface area contributed by atoms with E-state index in [1.165, 1.54) is 20.0 Å². The molecule has 3 heteroatoms. The molecule has 0 aromatic heterocycles. The van der Waals surface area contributed by atoms with E-state index >= 15 is 0 Å². The van der Waals surface area contributed by atoms with Crippen molar-refractivity contribution in [2.45, 2.75) is 39.0 Å². The summed E-state index contributed by atoms with van der Waals surface area (Å²) < 4.78 is 4.69. The van der Waals surface area contributed by atoms with Gasteiger partial charge in [0, 0.05) is 6.42 Å². The quantitative estimate of drug-likeness (QED) is 0.726. The summed E-state index contributed by atoms with van der Waals surface area (Å²) >= 11 is 0. The SMILES string of the molecule is COC(=O)CC1CCC(C(C)CN)CC1. The summed E-state index contributed by atoms with van der Waals surface area (Å²) in [5.74, 6) is 1.87. The van der Waals surface area contributed by atoms with Gasteiger partial charge in [0.1, 0.15) is 0 Å². The Morgan fingerprint density at radius 2 is 2.00 bits per heavy atom. The van der Waals surface area contributed by atoms with E-state index in [2.05, 4.69) is 11.7 Å². The molecule has 0 heterocycles. The second-order valence-electron chi connectivity index (χ2n) is 4.77. The molecule has 2 N–H and O–H groups in total. The van der Waals surface area contributed by atoms with Crippen LogP contribution < -0.4 is 5.73 Å². The lowest BCUT2D eigenvalue weighted by atomic mass is 9.75. The predicted molar refractivity (Wildman–Crippen MR) is 60.3 cm³/mol. The Labute approximate surface area is 92.4 Å². The van der Waals surface area contributed by atoms with E-state index in [1.807, 2.05) is 0 Å². The molecule has 0 saturated heterocycles. The number of nitrogens with two attached hydrogens (primary N) is 1. The molecule has 15 heavy (non-hydrogen) atoms. The smallest absolute Gasteiger partial charge is 0.305 e. The molecule has 88 valence electrons. The van der Waals surface area contributed by atoms with Crippen LogP contribution in [-0.2, 0) is 9.53 Å². The van der Waals surface area contributed by atoms with Crippen LogP contribution in [0.4, 0.5) is 0 Å². The van der Waals surface area contributed by atoms with E-state index in [0.717, 1.165) is 25.3 Å². The van der Waals surface area contributed by atoms with Gasteiger partial charge in [-0.25, -0.2) is 0 Å².